The highest BCUT2D eigenvalue weighted by molar-refractivity contribution is 5.97. The molecule has 0 fully saturated rings. The third-order valence-corrected chi connectivity index (χ3v) is 5.79. The summed E-state index contributed by atoms with van der Waals surface area (Å²) in [5.74, 6) is 0. The molecule has 3 N–H and O–H groups in total. The summed E-state index contributed by atoms with van der Waals surface area (Å²) in [7, 11) is 0. The Morgan fingerprint density at radius 1 is 0.968 bits per heavy atom. The number of benzene rings is 2. The predicted octanol–water partition coefficient (Wildman–Crippen LogP) is 3.84. The third-order valence-electron chi connectivity index (χ3n) is 5.79. The molecule has 0 saturated heterocycles. The lowest BCUT2D eigenvalue weighted by Gasteiger charge is -2.06. The molecule has 0 radical (unpaired) electrons. The summed E-state index contributed by atoms with van der Waals surface area (Å²) in [6.45, 7) is 5.40. The van der Waals surface area contributed by atoms with Crippen LogP contribution < -0.4 is 11.3 Å². The monoisotopic (exact) mass is 412 g/mol. The minimum Gasteiger partial charge on any atom is -0.347 e. The SMILES string of the molecule is Cc1nc2cc3nc(-c4cn(CCCCN)c5ccccc45)c(=O)[nH]c3cc2nc1C. The van der Waals surface area contributed by atoms with E-state index in [2.05, 4.69) is 25.6 Å². The highest BCUT2D eigenvalue weighted by atomic mass is 16.1. The average molecular weight is 412 g/mol. The van der Waals surface area contributed by atoms with E-state index < -0.39 is 0 Å². The standard InChI is InChI=1S/C24H24N6O/c1-14-15(2)27-19-12-21-20(11-18(19)26-14)28-23(24(31)29-21)17-13-30(10-6-5-9-25)22-8-4-3-7-16(17)22/h3-4,7-8,11-13H,5-6,9-10,25H2,1-2H3,(H,29,31). The molecule has 0 aliphatic carbocycles. The number of nitrogens with one attached hydrogen (secondary N) is 1. The number of hydrogen-bond acceptors (Lipinski definition) is 5. The van der Waals surface area contributed by atoms with Crippen molar-refractivity contribution in [2.75, 3.05) is 6.54 Å². The second-order valence-corrected chi connectivity index (χ2v) is 7.92. The van der Waals surface area contributed by atoms with Gasteiger partial charge >= 0.3 is 0 Å². The van der Waals surface area contributed by atoms with Crippen LogP contribution in [0.4, 0.5) is 0 Å². The van der Waals surface area contributed by atoms with Gasteiger partial charge in [0.25, 0.3) is 5.56 Å². The van der Waals surface area contributed by atoms with Gasteiger partial charge in [0, 0.05) is 29.2 Å². The second-order valence-electron chi connectivity index (χ2n) is 7.92. The van der Waals surface area contributed by atoms with Crippen molar-refractivity contribution in [3.05, 3.63) is 64.3 Å². The van der Waals surface area contributed by atoms with E-state index in [1.807, 2.05) is 50.4 Å². The fourth-order valence-corrected chi connectivity index (χ4v) is 4.04. The smallest absolute Gasteiger partial charge is 0.275 e. The summed E-state index contributed by atoms with van der Waals surface area (Å²) in [5, 5.41) is 1.01. The molecular weight excluding hydrogens is 388 g/mol. The van der Waals surface area contributed by atoms with Gasteiger partial charge in [-0.3, -0.25) is 4.79 Å². The quantitative estimate of drug-likeness (QED) is 0.337. The first kappa shape index (κ1) is 19.4. The lowest BCUT2D eigenvalue weighted by molar-refractivity contribution is 0.631. The minimum absolute atomic E-state index is 0.214. The molecule has 7 heteroatoms. The van der Waals surface area contributed by atoms with Crippen LogP contribution in [-0.4, -0.2) is 31.0 Å². The first-order chi connectivity index (χ1) is 15.0. The Morgan fingerprint density at radius 3 is 2.48 bits per heavy atom. The van der Waals surface area contributed by atoms with Crippen molar-refractivity contribution in [2.24, 2.45) is 5.73 Å². The first-order valence-corrected chi connectivity index (χ1v) is 10.5. The van der Waals surface area contributed by atoms with E-state index in [-0.39, 0.29) is 5.56 Å². The van der Waals surface area contributed by atoms with Gasteiger partial charge in [-0.2, -0.15) is 0 Å². The summed E-state index contributed by atoms with van der Waals surface area (Å²) >= 11 is 0. The van der Waals surface area contributed by atoms with Gasteiger partial charge in [-0.1, -0.05) is 18.2 Å². The fourth-order valence-electron chi connectivity index (χ4n) is 4.04. The maximum absolute atomic E-state index is 13.0. The average Bonchev–Trinajstić information content (AvgIpc) is 3.12. The summed E-state index contributed by atoms with van der Waals surface area (Å²) < 4.78 is 2.18. The van der Waals surface area contributed by atoms with Crippen molar-refractivity contribution in [1.82, 2.24) is 24.5 Å². The van der Waals surface area contributed by atoms with Gasteiger partial charge in [-0.15, -0.1) is 0 Å². The molecular formula is C24H24N6O. The summed E-state index contributed by atoms with van der Waals surface area (Å²) in [4.78, 5) is 30.0. The zero-order chi connectivity index (χ0) is 21.5. The zero-order valence-electron chi connectivity index (χ0n) is 17.6. The Morgan fingerprint density at radius 2 is 1.71 bits per heavy atom. The van der Waals surface area contributed by atoms with E-state index >= 15 is 0 Å². The van der Waals surface area contributed by atoms with Crippen molar-refractivity contribution in [1.29, 1.82) is 0 Å². The Kier molecular flexibility index (Phi) is 4.75. The van der Waals surface area contributed by atoms with Crippen LogP contribution in [0, 0.1) is 13.8 Å². The molecule has 0 amide bonds. The molecule has 0 aliphatic rings. The second kappa shape index (κ2) is 7.59. The van der Waals surface area contributed by atoms with Crippen LogP contribution >= 0.6 is 0 Å². The first-order valence-electron chi connectivity index (χ1n) is 10.5. The van der Waals surface area contributed by atoms with Crippen molar-refractivity contribution < 1.29 is 0 Å². The third kappa shape index (κ3) is 3.37. The Labute approximate surface area is 179 Å². The molecule has 0 bridgehead atoms. The highest BCUT2D eigenvalue weighted by Gasteiger charge is 2.16. The molecule has 5 rings (SSSR count). The lowest BCUT2D eigenvalue weighted by atomic mass is 10.1. The van der Waals surface area contributed by atoms with Crippen LogP contribution in [0.1, 0.15) is 24.2 Å². The number of nitrogens with zero attached hydrogens (tertiary/aromatic N) is 4. The van der Waals surface area contributed by atoms with E-state index in [0.717, 1.165) is 58.3 Å². The lowest BCUT2D eigenvalue weighted by Crippen LogP contribution is -2.11. The van der Waals surface area contributed by atoms with E-state index in [1.165, 1.54) is 0 Å². The number of aromatic nitrogens is 5. The van der Waals surface area contributed by atoms with Gasteiger partial charge in [-0.25, -0.2) is 15.0 Å². The van der Waals surface area contributed by atoms with Gasteiger partial charge in [0.2, 0.25) is 0 Å². The highest BCUT2D eigenvalue weighted by Crippen LogP contribution is 2.29. The number of H-pyrrole nitrogens is 1. The van der Waals surface area contributed by atoms with E-state index in [9.17, 15) is 4.79 Å². The number of hydrogen-bond donors (Lipinski definition) is 2. The number of unbranched alkanes of at least 4 members (excludes halogenated alkanes) is 1. The van der Waals surface area contributed by atoms with Crippen LogP contribution in [0.5, 0.6) is 0 Å². The van der Waals surface area contributed by atoms with Crippen LogP contribution in [0.15, 0.2) is 47.4 Å². The summed E-state index contributed by atoms with van der Waals surface area (Å²) in [6.07, 6.45) is 3.97. The topological polar surface area (TPSA) is 102 Å². The Balaban J connectivity index is 1.70. The normalized spacial score (nSPS) is 11.7. The predicted molar refractivity (Wildman–Crippen MR) is 124 cm³/mol. The molecule has 0 atom stereocenters. The van der Waals surface area contributed by atoms with Crippen molar-refractivity contribution in [2.45, 2.75) is 33.2 Å². The molecule has 2 aromatic carbocycles. The van der Waals surface area contributed by atoms with Gasteiger partial charge in [0.05, 0.1) is 33.5 Å². The minimum atomic E-state index is -0.214. The van der Waals surface area contributed by atoms with E-state index in [4.69, 9.17) is 10.7 Å². The van der Waals surface area contributed by atoms with E-state index in [1.54, 1.807) is 0 Å². The van der Waals surface area contributed by atoms with Crippen LogP contribution in [-0.2, 0) is 6.54 Å². The van der Waals surface area contributed by atoms with Crippen LogP contribution in [0.2, 0.25) is 0 Å². The molecule has 156 valence electrons. The summed E-state index contributed by atoms with van der Waals surface area (Å²) in [5.41, 5.74) is 12.4. The van der Waals surface area contributed by atoms with Gasteiger partial charge in [-0.05, 0) is 51.4 Å². The van der Waals surface area contributed by atoms with Crippen molar-refractivity contribution in [3.8, 4) is 11.3 Å². The zero-order valence-corrected chi connectivity index (χ0v) is 17.6. The number of fused-ring (bicyclic) bond motifs is 3. The largest absolute Gasteiger partial charge is 0.347 e. The number of aryl methyl sites for hydroxylation is 3. The molecule has 31 heavy (non-hydrogen) atoms. The van der Waals surface area contributed by atoms with Crippen LogP contribution in [0.3, 0.4) is 0 Å². The van der Waals surface area contributed by atoms with Gasteiger partial charge < -0.3 is 15.3 Å². The molecule has 5 aromatic rings. The maximum atomic E-state index is 13.0. The number of aromatic amines is 1. The van der Waals surface area contributed by atoms with E-state index in [0.29, 0.717) is 23.3 Å². The molecule has 0 unspecified atom stereocenters. The van der Waals surface area contributed by atoms with Crippen molar-refractivity contribution in [3.63, 3.8) is 0 Å². The Bertz CT molecular complexity index is 1500. The number of nitrogens with two attached hydrogens (primary N) is 1. The molecule has 0 saturated carbocycles. The molecule has 3 heterocycles. The number of rotatable bonds is 5. The molecule has 0 aliphatic heterocycles. The van der Waals surface area contributed by atoms with Gasteiger partial charge in [0.15, 0.2) is 0 Å². The maximum Gasteiger partial charge on any atom is 0.275 e. The van der Waals surface area contributed by atoms with Gasteiger partial charge in [0.1, 0.15) is 5.69 Å². The number of para-hydroxylation sites is 1. The molecule has 7 nitrogen and oxygen atoms in total. The molecule has 3 aromatic heterocycles. The molecule has 0 spiro atoms. The summed E-state index contributed by atoms with van der Waals surface area (Å²) in [6, 6.07) is 11.8. The van der Waals surface area contributed by atoms with Crippen molar-refractivity contribution >= 4 is 33.0 Å². The fraction of sp³-hybridized carbons (Fsp3) is 0.250. The Hall–Kier alpha value is -3.58. The van der Waals surface area contributed by atoms with Crippen LogP contribution in [0.25, 0.3) is 44.2 Å².